The van der Waals surface area contributed by atoms with Gasteiger partial charge < -0.3 is 10.1 Å². The number of benzene rings is 2. The van der Waals surface area contributed by atoms with E-state index in [1.807, 2.05) is 38.1 Å². The molecular weight excluding hydrogens is 361 g/mol. The van der Waals surface area contributed by atoms with E-state index in [1.165, 1.54) is 23.5 Å². The van der Waals surface area contributed by atoms with Crippen LogP contribution in [0.5, 0.6) is 5.75 Å². The number of hydrogen-bond donors (Lipinski definition) is 1. The first-order valence-electron chi connectivity index (χ1n) is 7.90. The molecule has 0 saturated carbocycles. The first kappa shape index (κ1) is 17.7. The highest BCUT2D eigenvalue weighted by Gasteiger charge is 2.19. The van der Waals surface area contributed by atoms with Gasteiger partial charge in [0, 0.05) is 10.1 Å². The predicted molar refractivity (Wildman–Crippen MR) is 100 cm³/mol. The average molecular weight is 378 g/mol. The fourth-order valence-electron chi connectivity index (χ4n) is 2.55. The molecule has 6 heteroatoms. The lowest BCUT2D eigenvalue weighted by Gasteiger charge is -2.14. The number of carbonyl (C=O) groups is 1. The SMILES string of the molecule is CCOc1ccc(C(C)NC(=O)c2sc3cc(F)ccc3c2Cl)cc1. The summed E-state index contributed by atoms with van der Waals surface area (Å²) in [5.41, 5.74) is 0.958. The fraction of sp³-hybridized carbons (Fsp3) is 0.211. The van der Waals surface area contributed by atoms with Gasteiger partial charge in [-0.25, -0.2) is 4.39 Å². The highest BCUT2D eigenvalue weighted by atomic mass is 35.5. The lowest BCUT2D eigenvalue weighted by atomic mass is 10.1. The van der Waals surface area contributed by atoms with Crippen molar-refractivity contribution in [3.05, 3.63) is 63.7 Å². The van der Waals surface area contributed by atoms with Crippen LogP contribution in [0.15, 0.2) is 42.5 Å². The third-order valence-corrected chi connectivity index (χ3v) is 5.49. The van der Waals surface area contributed by atoms with Crippen molar-refractivity contribution in [2.75, 3.05) is 6.61 Å². The first-order valence-corrected chi connectivity index (χ1v) is 9.10. The summed E-state index contributed by atoms with van der Waals surface area (Å²) < 4.78 is 19.4. The molecule has 130 valence electrons. The lowest BCUT2D eigenvalue weighted by Crippen LogP contribution is -2.26. The summed E-state index contributed by atoms with van der Waals surface area (Å²) in [5, 5.41) is 3.98. The normalized spacial score (nSPS) is 12.2. The van der Waals surface area contributed by atoms with E-state index in [9.17, 15) is 9.18 Å². The summed E-state index contributed by atoms with van der Waals surface area (Å²) in [7, 11) is 0. The van der Waals surface area contributed by atoms with Crippen LogP contribution in [-0.4, -0.2) is 12.5 Å². The summed E-state index contributed by atoms with van der Waals surface area (Å²) in [6, 6.07) is 11.7. The topological polar surface area (TPSA) is 38.3 Å². The number of carbonyl (C=O) groups excluding carboxylic acids is 1. The molecular formula is C19H17ClFNO2S. The molecule has 1 amide bonds. The molecule has 0 saturated heterocycles. The van der Waals surface area contributed by atoms with Crippen LogP contribution in [0.2, 0.25) is 5.02 Å². The maximum atomic E-state index is 13.4. The molecule has 3 rings (SSSR count). The van der Waals surface area contributed by atoms with Gasteiger partial charge in [-0.05, 0) is 49.7 Å². The van der Waals surface area contributed by atoms with E-state index in [0.29, 0.717) is 26.6 Å². The van der Waals surface area contributed by atoms with Gasteiger partial charge in [-0.3, -0.25) is 4.79 Å². The number of hydrogen-bond acceptors (Lipinski definition) is 3. The van der Waals surface area contributed by atoms with Crippen LogP contribution in [-0.2, 0) is 0 Å². The van der Waals surface area contributed by atoms with Crippen molar-refractivity contribution in [2.45, 2.75) is 19.9 Å². The molecule has 0 aliphatic rings. The minimum absolute atomic E-state index is 0.193. The van der Waals surface area contributed by atoms with Gasteiger partial charge in [-0.1, -0.05) is 23.7 Å². The van der Waals surface area contributed by atoms with Gasteiger partial charge in [0.2, 0.25) is 0 Å². The molecule has 1 heterocycles. The molecule has 0 radical (unpaired) electrons. The van der Waals surface area contributed by atoms with Crippen LogP contribution in [0.4, 0.5) is 4.39 Å². The second kappa shape index (κ2) is 7.42. The Labute approximate surface area is 154 Å². The minimum atomic E-state index is -0.347. The third-order valence-electron chi connectivity index (χ3n) is 3.84. The molecule has 1 atom stereocenters. The highest BCUT2D eigenvalue weighted by Crippen LogP contribution is 2.36. The molecule has 3 aromatic rings. The summed E-state index contributed by atoms with van der Waals surface area (Å²) >= 11 is 7.49. The van der Waals surface area contributed by atoms with Crippen molar-refractivity contribution in [1.29, 1.82) is 0 Å². The van der Waals surface area contributed by atoms with E-state index in [2.05, 4.69) is 5.32 Å². The Bertz CT molecular complexity index is 908. The maximum absolute atomic E-state index is 13.4. The van der Waals surface area contributed by atoms with Crippen molar-refractivity contribution < 1.29 is 13.9 Å². The molecule has 0 fully saturated rings. The van der Waals surface area contributed by atoms with Crippen molar-refractivity contribution in [3.63, 3.8) is 0 Å². The van der Waals surface area contributed by atoms with Gasteiger partial charge in [0.15, 0.2) is 0 Å². The number of halogens is 2. The Kier molecular flexibility index (Phi) is 5.25. The van der Waals surface area contributed by atoms with Gasteiger partial charge in [0.25, 0.3) is 5.91 Å². The van der Waals surface area contributed by atoms with Gasteiger partial charge >= 0.3 is 0 Å². The number of thiophene rings is 1. The molecule has 25 heavy (non-hydrogen) atoms. The van der Waals surface area contributed by atoms with Crippen LogP contribution < -0.4 is 10.1 Å². The Morgan fingerprint density at radius 2 is 2.00 bits per heavy atom. The number of fused-ring (bicyclic) bond motifs is 1. The van der Waals surface area contributed by atoms with E-state index >= 15 is 0 Å². The summed E-state index contributed by atoms with van der Waals surface area (Å²) in [6.45, 7) is 4.43. The van der Waals surface area contributed by atoms with Crippen molar-refractivity contribution in [2.24, 2.45) is 0 Å². The second-order valence-electron chi connectivity index (χ2n) is 5.58. The van der Waals surface area contributed by atoms with Crippen molar-refractivity contribution in [3.8, 4) is 5.75 Å². The van der Waals surface area contributed by atoms with Crippen molar-refractivity contribution >= 4 is 38.9 Å². The van der Waals surface area contributed by atoms with Crippen molar-refractivity contribution in [1.82, 2.24) is 5.32 Å². The van der Waals surface area contributed by atoms with E-state index in [-0.39, 0.29) is 17.8 Å². The number of nitrogens with one attached hydrogen (secondary N) is 1. The largest absolute Gasteiger partial charge is 0.494 e. The molecule has 1 unspecified atom stereocenters. The van der Waals surface area contributed by atoms with E-state index in [4.69, 9.17) is 16.3 Å². The predicted octanol–water partition coefficient (Wildman–Crippen LogP) is 5.58. The van der Waals surface area contributed by atoms with Crippen LogP contribution in [0.1, 0.15) is 35.1 Å². The molecule has 0 aliphatic carbocycles. The number of rotatable bonds is 5. The standard InChI is InChI=1S/C19H17ClFNO2S/c1-3-24-14-7-4-12(5-8-14)11(2)22-19(23)18-17(20)15-9-6-13(21)10-16(15)25-18/h4-11H,3H2,1-2H3,(H,22,23). The Morgan fingerprint density at radius 3 is 2.68 bits per heavy atom. The van der Waals surface area contributed by atoms with Gasteiger partial charge in [-0.15, -0.1) is 11.3 Å². The fourth-order valence-corrected chi connectivity index (χ4v) is 4.00. The van der Waals surface area contributed by atoms with E-state index in [0.717, 1.165) is 11.3 Å². The number of amides is 1. The smallest absolute Gasteiger partial charge is 0.263 e. The Hall–Kier alpha value is -2.11. The highest BCUT2D eigenvalue weighted by molar-refractivity contribution is 7.21. The number of ether oxygens (including phenoxy) is 1. The second-order valence-corrected chi connectivity index (χ2v) is 7.01. The Balaban J connectivity index is 1.78. The van der Waals surface area contributed by atoms with Crippen LogP contribution in [0, 0.1) is 5.82 Å². The van der Waals surface area contributed by atoms with Crippen LogP contribution >= 0.6 is 22.9 Å². The maximum Gasteiger partial charge on any atom is 0.263 e. The minimum Gasteiger partial charge on any atom is -0.494 e. The summed E-state index contributed by atoms with van der Waals surface area (Å²) in [6.07, 6.45) is 0. The molecule has 1 aromatic heterocycles. The monoisotopic (exact) mass is 377 g/mol. The average Bonchev–Trinajstić information content (AvgIpc) is 2.92. The molecule has 0 aliphatic heterocycles. The molecule has 2 aromatic carbocycles. The van der Waals surface area contributed by atoms with Crippen LogP contribution in [0.25, 0.3) is 10.1 Å². The van der Waals surface area contributed by atoms with Gasteiger partial charge in [0.1, 0.15) is 16.4 Å². The molecule has 0 spiro atoms. The van der Waals surface area contributed by atoms with E-state index in [1.54, 1.807) is 6.07 Å². The zero-order chi connectivity index (χ0) is 18.0. The van der Waals surface area contributed by atoms with Crippen LogP contribution in [0.3, 0.4) is 0 Å². The summed E-state index contributed by atoms with van der Waals surface area (Å²) in [4.78, 5) is 13.0. The zero-order valence-corrected chi connectivity index (χ0v) is 15.4. The van der Waals surface area contributed by atoms with Gasteiger partial charge in [-0.2, -0.15) is 0 Å². The third kappa shape index (κ3) is 3.78. The molecule has 0 bridgehead atoms. The first-order chi connectivity index (χ1) is 12.0. The zero-order valence-electron chi connectivity index (χ0n) is 13.8. The molecule has 3 nitrogen and oxygen atoms in total. The quantitative estimate of drug-likeness (QED) is 0.630. The van der Waals surface area contributed by atoms with Gasteiger partial charge in [0.05, 0.1) is 17.7 Å². The summed E-state index contributed by atoms with van der Waals surface area (Å²) in [5.74, 6) is 0.174. The van der Waals surface area contributed by atoms with E-state index < -0.39 is 0 Å². The Morgan fingerprint density at radius 1 is 1.28 bits per heavy atom. The lowest BCUT2D eigenvalue weighted by molar-refractivity contribution is 0.0944. The molecule has 1 N–H and O–H groups in total.